The van der Waals surface area contributed by atoms with Crippen molar-refractivity contribution in [3.8, 4) is 11.1 Å². The van der Waals surface area contributed by atoms with Crippen LogP contribution in [0.1, 0.15) is 0 Å². The predicted molar refractivity (Wildman–Crippen MR) is 78.1 cm³/mol. The van der Waals surface area contributed by atoms with Crippen molar-refractivity contribution >= 4 is 16.9 Å². The number of hydrogen-bond acceptors (Lipinski definition) is 3. The smallest absolute Gasteiger partial charge is 0.169 e. The molecule has 100 valence electrons. The van der Waals surface area contributed by atoms with E-state index in [0.717, 1.165) is 28.1 Å². The van der Waals surface area contributed by atoms with Gasteiger partial charge in [0.05, 0.1) is 18.6 Å². The van der Waals surface area contributed by atoms with E-state index in [9.17, 15) is 0 Å². The lowest BCUT2D eigenvalue weighted by Crippen LogP contribution is -2.05. The molecule has 0 radical (unpaired) electrons. The second kappa shape index (κ2) is 3.69. The summed E-state index contributed by atoms with van der Waals surface area (Å²) in [6.07, 6.45) is 5.42. The minimum Gasteiger partial charge on any atom is -0.197 e. The molecule has 0 atom stereocenters. The number of benzene rings is 1. The lowest BCUT2D eigenvalue weighted by Gasteiger charge is -2.05. The highest BCUT2D eigenvalue weighted by Crippen LogP contribution is 2.26. The third-order valence-electron chi connectivity index (χ3n) is 3.71. The van der Waals surface area contributed by atoms with Crippen LogP contribution in [0, 0.1) is 0 Å². The molecule has 0 unspecified atom stereocenters. The van der Waals surface area contributed by atoms with Crippen molar-refractivity contribution in [3.05, 3.63) is 61.1 Å². The van der Waals surface area contributed by atoms with E-state index in [4.69, 9.17) is 0 Å². The van der Waals surface area contributed by atoms with Gasteiger partial charge in [-0.05, 0) is 5.56 Å². The van der Waals surface area contributed by atoms with Crippen molar-refractivity contribution < 1.29 is 0 Å². The second-order valence-electron chi connectivity index (χ2n) is 4.86. The molecular formula is C15H10N6. The van der Waals surface area contributed by atoms with Crippen molar-refractivity contribution in [2.24, 2.45) is 0 Å². The first-order chi connectivity index (χ1) is 10.4. The van der Waals surface area contributed by atoms with Crippen LogP contribution in [0.4, 0.5) is 0 Å². The van der Waals surface area contributed by atoms with Crippen LogP contribution in [0.5, 0.6) is 0 Å². The molecule has 0 saturated heterocycles. The minimum atomic E-state index is 0.917. The van der Waals surface area contributed by atoms with Gasteiger partial charge in [-0.2, -0.15) is 28.8 Å². The van der Waals surface area contributed by atoms with E-state index in [1.807, 2.05) is 50.1 Å². The molecule has 6 nitrogen and oxygen atoms in total. The molecule has 0 aliphatic heterocycles. The van der Waals surface area contributed by atoms with Gasteiger partial charge in [-0.15, -0.1) is 0 Å². The van der Waals surface area contributed by atoms with Crippen LogP contribution in [0.15, 0.2) is 61.1 Å². The summed E-state index contributed by atoms with van der Waals surface area (Å²) in [5.74, 6) is 0. The molecule has 0 spiro atoms. The number of hydrogen-bond donors (Lipinski definition) is 0. The average molecular weight is 274 g/mol. The van der Waals surface area contributed by atoms with Gasteiger partial charge < -0.3 is 0 Å². The van der Waals surface area contributed by atoms with Gasteiger partial charge in [-0.25, -0.2) is 0 Å². The van der Waals surface area contributed by atoms with Gasteiger partial charge in [0.2, 0.25) is 0 Å². The fourth-order valence-corrected chi connectivity index (χ4v) is 2.79. The molecule has 0 fully saturated rings. The van der Waals surface area contributed by atoms with E-state index < -0.39 is 0 Å². The SMILES string of the molecule is c1ccc(-c2cnn3c4ccnn4c4ccnn4c23)cc1. The molecule has 6 heteroatoms. The monoisotopic (exact) mass is 274 g/mol. The van der Waals surface area contributed by atoms with Crippen molar-refractivity contribution in [1.29, 1.82) is 0 Å². The van der Waals surface area contributed by atoms with Gasteiger partial charge in [0.15, 0.2) is 16.9 Å². The fourth-order valence-electron chi connectivity index (χ4n) is 2.79. The fraction of sp³-hybridized carbons (Fsp3) is 0. The largest absolute Gasteiger partial charge is 0.197 e. The Bertz CT molecular complexity index is 1050. The Hall–Kier alpha value is -3.15. The summed E-state index contributed by atoms with van der Waals surface area (Å²) in [5, 5.41) is 13.3. The first-order valence-electron chi connectivity index (χ1n) is 6.66. The third-order valence-corrected chi connectivity index (χ3v) is 3.71. The molecule has 21 heavy (non-hydrogen) atoms. The number of rotatable bonds is 1. The summed E-state index contributed by atoms with van der Waals surface area (Å²) in [6, 6.07) is 14.1. The molecule has 4 aromatic heterocycles. The van der Waals surface area contributed by atoms with Crippen LogP contribution in [0.25, 0.3) is 28.1 Å². The molecule has 0 aliphatic rings. The molecule has 5 aromatic rings. The number of nitrogens with zero attached hydrogens (tertiary/aromatic N) is 6. The highest BCUT2D eigenvalue weighted by Gasteiger charge is 2.15. The zero-order chi connectivity index (χ0) is 13.8. The van der Waals surface area contributed by atoms with E-state index in [-0.39, 0.29) is 0 Å². The van der Waals surface area contributed by atoms with E-state index in [1.165, 1.54) is 0 Å². The van der Waals surface area contributed by atoms with Crippen LogP contribution in [-0.4, -0.2) is 28.8 Å². The standard InChI is InChI=1S/C15H10N6/c1-2-4-11(5-3-1)12-10-18-21-14-6-8-16-19(14)13-7-9-17-20(13)15(12)21/h1-10H. The minimum absolute atomic E-state index is 0.917. The molecule has 5 rings (SSSR count). The van der Waals surface area contributed by atoms with Gasteiger partial charge in [0.1, 0.15) is 0 Å². The van der Waals surface area contributed by atoms with Crippen LogP contribution >= 0.6 is 0 Å². The molecule has 4 heterocycles. The van der Waals surface area contributed by atoms with Crippen molar-refractivity contribution in [2.45, 2.75) is 0 Å². The summed E-state index contributed by atoms with van der Waals surface area (Å²) in [4.78, 5) is 0. The van der Waals surface area contributed by atoms with Crippen molar-refractivity contribution in [1.82, 2.24) is 28.8 Å². The van der Waals surface area contributed by atoms with E-state index in [0.29, 0.717) is 0 Å². The normalized spacial score (nSPS) is 11.8. The van der Waals surface area contributed by atoms with E-state index >= 15 is 0 Å². The first kappa shape index (κ1) is 10.6. The highest BCUT2D eigenvalue weighted by atomic mass is 15.4. The maximum atomic E-state index is 4.52. The van der Waals surface area contributed by atoms with Gasteiger partial charge in [-0.3, -0.25) is 0 Å². The van der Waals surface area contributed by atoms with E-state index in [2.05, 4.69) is 27.4 Å². The number of aromatic nitrogens is 6. The zero-order valence-electron chi connectivity index (χ0n) is 11.0. The Balaban J connectivity index is 2.05. The predicted octanol–water partition coefficient (Wildman–Crippen LogP) is 2.30. The quantitative estimate of drug-likeness (QED) is 0.471. The molecule has 0 N–H and O–H groups in total. The molecular weight excluding hydrogens is 264 g/mol. The summed E-state index contributed by atoms with van der Waals surface area (Å²) < 4.78 is 5.58. The maximum Gasteiger partial charge on any atom is 0.169 e. The lowest BCUT2D eigenvalue weighted by atomic mass is 10.1. The maximum absolute atomic E-state index is 4.52. The van der Waals surface area contributed by atoms with Gasteiger partial charge >= 0.3 is 0 Å². The Labute approximate surface area is 118 Å². The lowest BCUT2D eigenvalue weighted by molar-refractivity contribution is 0.828. The Morgan fingerprint density at radius 3 is 2.10 bits per heavy atom. The van der Waals surface area contributed by atoms with E-state index in [1.54, 1.807) is 12.4 Å². The average Bonchev–Trinajstić information content (AvgIpc) is 3.25. The Kier molecular flexibility index (Phi) is 1.87. The molecule has 0 aliphatic carbocycles. The highest BCUT2D eigenvalue weighted by molar-refractivity contribution is 5.80. The van der Waals surface area contributed by atoms with Crippen molar-refractivity contribution in [3.63, 3.8) is 0 Å². The van der Waals surface area contributed by atoms with Crippen LogP contribution < -0.4 is 0 Å². The molecule has 0 saturated carbocycles. The first-order valence-corrected chi connectivity index (χ1v) is 6.66. The number of fused-ring (bicyclic) bond motifs is 6. The summed E-state index contributed by atoms with van der Waals surface area (Å²) >= 11 is 0. The van der Waals surface area contributed by atoms with Crippen LogP contribution in [0.3, 0.4) is 0 Å². The molecule has 0 bridgehead atoms. The molecule has 1 aromatic carbocycles. The van der Waals surface area contributed by atoms with Gasteiger partial charge in [0.25, 0.3) is 0 Å². The summed E-state index contributed by atoms with van der Waals surface area (Å²) in [6.45, 7) is 0. The Morgan fingerprint density at radius 1 is 0.667 bits per heavy atom. The topological polar surface area (TPSA) is 51.9 Å². The second-order valence-corrected chi connectivity index (χ2v) is 4.86. The van der Waals surface area contributed by atoms with Crippen LogP contribution in [0.2, 0.25) is 0 Å². The third kappa shape index (κ3) is 1.28. The summed E-state index contributed by atoms with van der Waals surface area (Å²) in [5.41, 5.74) is 4.94. The van der Waals surface area contributed by atoms with Crippen molar-refractivity contribution in [2.75, 3.05) is 0 Å². The van der Waals surface area contributed by atoms with Gasteiger partial charge in [0, 0.05) is 17.7 Å². The zero-order valence-corrected chi connectivity index (χ0v) is 11.0. The molecule has 0 amide bonds. The Morgan fingerprint density at radius 2 is 1.33 bits per heavy atom. The summed E-state index contributed by atoms with van der Waals surface area (Å²) in [7, 11) is 0. The van der Waals surface area contributed by atoms with Crippen LogP contribution in [-0.2, 0) is 0 Å². The van der Waals surface area contributed by atoms with Gasteiger partial charge in [-0.1, -0.05) is 30.3 Å².